The summed E-state index contributed by atoms with van der Waals surface area (Å²) in [6.45, 7) is 4.13. The van der Waals surface area contributed by atoms with Crippen LogP contribution >= 0.6 is 0 Å². The highest BCUT2D eigenvalue weighted by Crippen LogP contribution is 2.26. The van der Waals surface area contributed by atoms with Crippen LogP contribution in [0, 0.1) is 0 Å². The number of nitrogens with zero attached hydrogens (tertiary/aromatic N) is 3. The Morgan fingerprint density at radius 3 is 2.50 bits per heavy atom. The van der Waals surface area contributed by atoms with E-state index < -0.39 is 0 Å². The van der Waals surface area contributed by atoms with Crippen molar-refractivity contribution in [2.24, 2.45) is 0 Å². The van der Waals surface area contributed by atoms with Gasteiger partial charge in [0.1, 0.15) is 6.04 Å². The van der Waals surface area contributed by atoms with Gasteiger partial charge in [-0.3, -0.25) is 4.79 Å². The average Bonchev–Trinajstić information content (AvgIpc) is 2.98. The number of anilines is 4. The van der Waals surface area contributed by atoms with E-state index in [1.807, 2.05) is 60.7 Å². The second-order valence-corrected chi connectivity index (χ2v) is 9.44. The Balaban J connectivity index is 1.10. The molecule has 0 saturated carbocycles. The van der Waals surface area contributed by atoms with Crippen LogP contribution in [0.5, 0.6) is 0 Å². The first-order valence-corrected chi connectivity index (χ1v) is 13.0. The molecule has 8 heteroatoms. The predicted molar refractivity (Wildman–Crippen MR) is 150 cm³/mol. The average molecular weight is 507 g/mol. The number of benzene rings is 3. The number of nitrogens with one attached hydrogen (secondary N) is 3. The smallest absolute Gasteiger partial charge is 0.246 e. The van der Waals surface area contributed by atoms with Crippen LogP contribution in [0.2, 0.25) is 0 Å². The van der Waals surface area contributed by atoms with Crippen LogP contribution in [-0.2, 0) is 16.0 Å². The van der Waals surface area contributed by atoms with Gasteiger partial charge in [-0.25, -0.2) is 9.97 Å². The van der Waals surface area contributed by atoms with Gasteiger partial charge in [-0.05, 0) is 60.0 Å². The quantitative estimate of drug-likeness (QED) is 0.353. The van der Waals surface area contributed by atoms with Gasteiger partial charge in [0, 0.05) is 48.5 Å². The van der Waals surface area contributed by atoms with Crippen LogP contribution in [0.4, 0.5) is 23.0 Å². The van der Waals surface area contributed by atoms with Crippen molar-refractivity contribution in [3.63, 3.8) is 0 Å². The van der Waals surface area contributed by atoms with Gasteiger partial charge in [0.2, 0.25) is 11.9 Å². The SMILES string of the molecule is O=C(Nc1ccc(-c2ccnc(Nc3ccc(N4CCOCC4)cc3)n2)cc1)C1NCCc2ccccc21. The van der Waals surface area contributed by atoms with E-state index in [0.717, 1.165) is 67.5 Å². The summed E-state index contributed by atoms with van der Waals surface area (Å²) in [4.78, 5) is 24.4. The molecule has 0 bridgehead atoms. The molecule has 2 aliphatic rings. The van der Waals surface area contributed by atoms with Gasteiger partial charge in [-0.1, -0.05) is 36.4 Å². The molecular weight excluding hydrogens is 476 g/mol. The molecular formula is C30H30N6O2. The lowest BCUT2D eigenvalue weighted by molar-refractivity contribution is -0.118. The van der Waals surface area contributed by atoms with E-state index in [-0.39, 0.29) is 11.9 Å². The van der Waals surface area contributed by atoms with Crippen LogP contribution in [0.25, 0.3) is 11.3 Å². The third-order valence-electron chi connectivity index (χ3n) is 6.97. The number of carbonyl (C=O) groups excluding carboxylic acids is 1. The highest BCUT2D eigenvalue weighted by molar-refractivity contribution is 5.96. The predicted octanol–water partition coefficient (Wildman–Crippen LogP) is 4.55. The standard InChI is InChI=1S/C30H30N6O2/c37-29(28-26-4-2-1-3-21(26)13-15-31-28)33-23-7-5-22(6-8-23)27-14-16-32-30(35-27)34-24-9-11-25(12-10-24)36-17-19-38-20-18-36/h1-12,14,16,28,31H,13,15,17-20H2,(H,33,37)(H,32,34,35). The van der Waals surface area contributed by atoms with Crippen molar-refractivity contribution in [3.05, 3.63) is 96.2 Å². The van der Waals surface area contributed by atoms with Crippen LogP contribution in [0.3, 0.4) is 0 Å². The fraction of sp³-hybridized carbons (Fsp3) is 0.233. The fourth-order valence-electron chi connectivity index (χ4n) is 4.96. The zero-order chi connectivity index (χ0) is 25.7. The number of hydrogen-bond acceptors (Lipinski definition) is 7. The van der Waals surface area contributed by atoms with Crippen molar-refractivity contribution in [2.75, 3.05) is 48.4 Å². The molecule has 1 atom stereocenters. The molecule has 4 aromatic rings. The van der Waals surface area contributed by atoms with E-state index in [4.69, 9.17) is 9.72 Å². The van der Waals surface area contributed by atoms with Crippen LogP contribution < -0.4 is 20.9 Å². The number of fused-ring (bicyclic) bond motifs is 1. The topological polar surface area (TPSA) is 91.4 Å². The number of morpholine rings is 1. The molecule has 192 valence electrons. The van der Waals surface area contributed by atoms with Crippen LogP contribution in [0.15, 0.2) is 85.1 Å². The van der Waals surface area contributed by atoms with Crippen LogP contribution in [-0.4, -0.2) is 48.7 Å². The minimum absolute atomic E-state index is 0.0574. The monoisotopic (exact) mass is 506 g/mol. The fourth-order valence-corrected chi connectivity index (χ4v) is 4.96. The number of rotatable bonds is 6. The first-order valence-electron chi connectivity index (χ1n) is 13.0. The second kappa shape index (κ2) is 11.0. The van der Waals surface area contributed by atoms with Gasteiger partial charge in [-0.2, -0.15) is 0 Å². The summed E-state index contributed by atoms with van der Waals surface area (Å²) >= 11 is 0. The summed E-state index contributed by atoms with van der Waals surface area (Å²) < 4.78 is 5.44. The van der Waals surface area contributed by atoms with E-state index in [1.165, 1.54) is 11.3 Å². The number of ether oxygens (including phenoxy) is 1. The Hall–Kier alpha value is -4.27. The molecule has 1 saturated heterocycles. The molecule has 1 fully saturated rings. The van der Waals surface area contributed by atoms with Gasteiger partial charge in [-0.15, -0.1) is 0 Å². The first-order chi connectivity index (χ1) is 18.7. The molecule has 2 aliphatic heterocycles. The van der Waals surface area contributed by atoms with Gasteiger partial charge >= 0.3 is 0 Å². The molecule has 6 rings (SSSR count). The minimum atomic E-state index is -0.349. The third kappa shape index (κ3) is 5.37. The molecule has 0 radical (unpaired) electrons. The summed E-state index contributed by atoms with van der Waals surface area (Å²) in [6.07, 6.45) is 2.68. The van der Waals surface area contributed by atoms with E-state index in [0.29, 0.717) is 5.95 Å². The lowest BCUT2D eigenvalue weighted by atomic mass is 9.94. The Morgan fingerprint density at radius 1 is 0.921 bits per heavy atom. The lowest BCUT2D eigenvalue weighted by Crippen LogP contribution is -2.38. The zero-order valence-corrected chi connectivity index (χ0v) is 21.1. The molecule has 1 amide bonds. The molecule has 8 nitrogen and oxygen atoms in total. The molecule has 0 aliphatic carbocycles. The minimum Gasteiger partial charge on any atom is -0.378 e. The van der Waals surface area contributed by atoms with Gasteiger partial charge in [0.25, 0.3) is 0 Å². The Kier molecular flexibility index (Phi) is 6.97. The second-order valence-electron chi connectivity index (χ2n) is 9.44. The maximum Gasteiger partial charge on any atom is 0.246 e. The number of hydrogen-bond donors (Lipinski definition) is 3. The van der Waals surface area contributed by atoms with E-state index in [2.05, 4.69) is 44.0 Å². The molecule has 1 aromatic heterocycles. The van der Waals surface area contributed by atoms with E-state index in [9.17, 15) is 4.79 Å². The maximum atomic E-state index is 13.0. The first kappa shape index (κ1) is 24.1. The Labute approximate surface area is 222 Å². The van der Waals surface area contributed by atoms with Gasteiger partial charge < -0.3 is 25.6 Å². The van der Waals surface area contributed by atoms with Crippen LogP contribution in [0.1, 0.15) is 17.2 Å². The molecule has 3 heterocycles. The largest absolute Gasteiger partial charge is 0.378 e. The van der Waals surface area contributed by atoms with Crippen molar-refractivity contribution in [3.8, 4) is 11.3 Å². The molecule has 1 unspecified atom stereocenters. The zero-order valence-electron chi connectivity index (χ0n) is 21.1. The highest BCUT2D eigenvalue weighted by atomic mass is 16.5. The number of amides is 1. The van der Waals surface area contributed by atoms with Crippen molar-refractivity contribution >= 4 is 28.9 Å². The lowest BCUT2D eigenvalue weighted by Gasteiger charge is -2.28. The third-order valence-corrected chi connectivity index (χ3v) is 6.97. The van der Waals surface area contributed by atoms with Crippen molar-refractivity contribution < 1.29 is 9.53 Å². The van der Waals surface area contributed by atoms with E-state index in [1.54, 1.807) is 6.20 Å². The molecule has 3 aromatic carbocycles. The van der Waals surface area contributed by atoms with Gasteiger partial charge in [0.05, 0.1) is 18.9 Å². The van der Waals surface area contributed by atoms with Crippen molar-refractivity contribution in [1.29, 1.82) is 0 Å². The summed E-state index contributed by atoms with van der Waals surface area (Å²) in [5.41, 5.74) is 6.87. The maximum absolute atomic E-state index is 13.0. The van der Waals surface area contributed by atoms with Gasteiger partial charge in [0.15, 0.2) is 0 Å². The number of carbonyl (C=O) groups is 1. The molecule has 38 heavy (non-hydrogen) atoms. The normalized spacial score (nSPS) is 16.9. The number of aromatic nitrogens is 2. The summed E-state index contributed by atoms with van der Waals surface area (Å²) in [5.74, 6) is 0.471. The highest BCUT2D eigenvalue weighted by Gasteiger charge is 2.25. The van der Waals surface area contributed by atoms with Crippen molar-refractivity contribution in [2.45, 2.75) is 12.5 Å². The Morgan fingerprint density at radius 2 is 1.68 bits per heavy atom. The summed E-state index contributed by atoms with van der Waals surface area (Å²) in [6, 6.07) is 25.7. The van der Waals surface area contributed by atoms with E-state index >= 15 is 0 Å². The summed E-state index contributed by atoms with van der Waals surface area (Å²) in [5, 5.41) is 9.68. The van der Waals surface area contributed by atoms with Crippen molar-refractivity contribution in [1.82, 2.24) is 15.3 Å². The summed E-state index contributed by atoms with van der Waals surface area (Å²) in [7, 11) is 0. The molecule has 0 spiro atoms. The Bertz CT molecular complexity index is 1400. The molecule has 3 N–H and O–H groups in total.